The van der Waals surface area contributed by atoms with Gasteiger partial charge in [-0.15, -0.1) is 0 Å². The lowest BCUT2D eigenvalue weighted by molar-refractivity contribution is 0.660. The molecule has 28 aromatic rings. The molecule has 29 rings (SSSR count). The van der Waals surface area contributed by atoms with Crippen LogP contribution < -0.4 is 9.80 Å². The van der Waals surface area contributed by atoms with Crippen molar-refractivity contribution in [3.05, 3.63) is 509 Å². The number of hydrogen-bond donors (Lipinski definition) is 0. The van der Waals surface area contributed by atoms with Crippen molar-refractivity contribution in [3.8, 4) is 78.4 Å². The van der Waals surface area contributed by atoms with Gasteiger partial charge in [0.15, 0.2) is 0 Å². The van der Waals surface area contributed by atoms with Gasteiger partial charge in [-0.25, -0.2) is 0 Å². The Morgan fingerprint density at radius 3 is 0.915 bits per heavy atom. The Morgan fingerprint density at radius 2 is 0.468 bits per heavy atom. The molecule has 22 aromatic carbocycles. The van der Waals surface area contributed by atoms with Crippen LogP contribution in [0.3, 0.4) is 0 Å². The quantitative estimate of drug-likeness (QED) is 0.109. The van der Waals surface area contributed by atoms with E-state index in [2.05, 4.69) is 515 Å². The smallest absolute Gasteiger partial charge is 0.135 e. The van der Waals surface area contributed by atoms with Gasteiger partial charge in [0.25, 0.3) is 0 Å². The molecule has 6 aromatic heterocycles. The highest BCUT2D eigenvalue weighted by molar-refractivity contribution is 6.16. The largest absolute Gasteiger partial charge is 0.456 e. The minimum absolute atomic E-state index is 0.258. The van der Waals surface area contributed by atoms with Crippen molar-refractivity contribution >= 4 is 176 Å². The fourth-order valence-corrected chi connectivity index (χ4v) is 22.9. The molecule has 0 atom stereocenters. The average molecular weight is 1800 g/mol. The third-order valence-electron chi connectivity index (χ3n) is 29.6. The van der Waals surface area contributed by atoms with E-state index in [1.807, 2.05) is 24.3 Å². The molecule has 8 heteroatoms. The molecular formula is C133H88N6O2. The molecule has 0 spiro atoms. The molecule has 0 saturated carbocycles. The first kappa shape index (κ1) is 80.9. The number of para-hydroxylation sites is 10. The summed E-state index contributed by atoms with van der Waals surface area (Å²) in [5.74, 6) is 0. The minimum atomic E-state index is -0.258. The highest BCUT2D eigenvalue weighted by atomic mass is 16.3. The summed E-state index contributed by atoms with van der Waals surface area (Å²) in [6.45, 7) is 4.78. The van der Waals surface area contributed by atoms with Crippen molar-refractivity contribution < 1.29 is 8.83 Å². The van der Waals surface area contributed by atoms with Crippen LogP contribution >= 0.6 is 0 Å². The summed E-state index contributed by atoms with van der Waals surface area (Å²) < 4.78 is 22.0. The van der Waals surface area contributed by atoms with Gasteiger partial charge in [0.05, 0.1) is 55.5 Å². The SMILES string of the molecule is CC1(C)c2cc(-c3ccc4c5ccccc5n(-c5ccccc5)c4c3)ccc2-c2ccc(N(c3ccc(-c4ccc5oc6ccccc6c5c4)cc3)c3ccc(-n4c5ccccc5c5ccccc54)cc3)cc21.c1ccc(-n2c3ccccc3c3ccc(-c4ccc(N(c5ccc(-c6ccc7oc8ccccc8c7c6)cc5)c5ccc(-n6c7ccccc7c7ccccc76)c6ccccc56)cc4)cc32)cc1. The van der Waals surface area contributed by atoms with Crippen molar-refractivity contribution in [3.63, 3.8) is 0 Å². The van der Waals surface area contributed by atoms with Crippen molar-refractivity contribution in [1.82, 2.24) is 18.3 Å². The highest BCUT2D eigenvalue weighted by Gasteiger charge is 2.37. The Morgan fingerprint density at radius 1 is 0.177 bits per heavy atom. The minimum Gasteiger partial charge on any atom is -0.456 e. The molecule has 6 heterocycles. The molecule has 1 aliphatic rings. The lowest BCUT2D eigenvalue weighted by Crippen LogP contribution is -2.16. The van der Waals surface area contributed by atoms with Gasteiger partial charge in [-0.05, 0) is 267 Å². The number of anilines is 6. The Hall–Kier alpha value is -18.5. The average Bonchev–Trinajstić information content (AvgIpc) is 1.58. The second kappa shape index (κ2) is 32.4. The van der Waals surface area contributed by atoms with E-state index in [-0.39, 0.29) is 5.41 Å². The van der Waals surface area contributed by atoms with Gasteiger partial charge < -0.3 is 36.9 Å². The zero-order chi connectivity index (χ0) is 93.1. The molecule has 0 bridgehead atoms. The molecular weight excluding hydrogens is 1710 g/mol. The van der Waals surface area contributed by atoms with Crippen LogP contribution in [-0.4, -0.2) is 18.3 Å². The van der Waals surface area contributed by atoms with Crippen molar-refractivity contribution in [2.24, 2.45) is 0 Å². The van der Waals surface area contributed by atoms with Gasteiger partial charge in [-0.3, -0.25) is 0 Å². The molecule has 0 aliphatic heterocycles. The highest BCUT2D eigenvalue weighted by Crippen LogP contribution is 2.54. The predicted octanol–water partition coefficient (Wildman–Crippen LogP) is 36.6. The van der Waals surface area contributed by atoms with Gasteiger partial charge in [-0.1, -0.05) is 311 Å². The maximum Gasteiger partial charge on any atom is 0.135 e. The van der Waals surface area contributed by atoms with E-state index in [1.54, 1.807) is 0 Å². The molecule has 8 nitrogen and oxygen atoms in total. The number of hydrogen-bond acceptors (Lipinski definition) is 4. The Kier molecular flexibility index (Phi) is 18.6. The molecule has 0 saturated heterocycles. The topological polar surface area (TPSA) is 52.5 Å². The number of benzene rings is 22. The summed E-state index contributed by atoms with van der Waals surface area (Å²) in [5.41, 5.74) is 38.7. The molecule has 0 radical (unpaired) electrons. The molecule has 0 N–H and O–H groups in total. The van der Waals surface area contributed by atoms with Gasteiger partial charge in [0, 0.05) is 126 Å². The van der Waals surface area contributed by atoms with Crippen LogP contribution in [0.1, 0.15) is 25.0 Å². The third-order valence-corrected chi connectivity index (χ3v) is 29.6. The number of furan rings is 2. The number of aromatic nitrogens is 4. The molecule has 141 heavy (non-hydrogen) atoms. The summed E-state index contributed by atoms with van der Waals surface area (Å²) in [7, 11) is 0. The standard InChI is InChI=1S/C69H47N3O.C64H41N3O/c1-69(2)61-41-46(47-27-37-58-57-18-8-12-22-65(57)72(66(58)42-47)48-14-4-3-5-15-48)26-36-53(61)54-38-35-52(43-62(54)69)70(49-29-24-44(25-30-49)45-28-39-68-60(40-45)59-19-9-13-23-67(59)73-68)50-31-33-51(34-32-50)71-63-20-10-6-16-55(63)56-17-7-11-21-64(56)71;1-2-14-46(15-3-1)66-57-22-10-6-20-53(57)54-36-30-45(41-62(54)66)43-28-34-48(35-29-43)65(47-32-26-42(27-33-47)44-31-39-64-56(40-44)55-21-9-13-25-63(55)68-64)60-37-38-61(52-17-5-4-16-51(52)60)67-58-23-11-7-18-49(58)50-19-8-12-24-59(50)67/h3-43H,1-2H3;1-41H. The first-order valence-electron chi connectivity index (χ1n) is 48.5. The number of fused-ring (bicyclic) bond motifs is 22. The molecule has 0 fully saturated rings. The predicted molar refractivity (Wildman–Crippen MR) is 591 cm³/mol. The van der Waals surface area contributed by atoms with Crippen LogP contribution in [0.2, 0.25) is 0 Å². The van der Waals surface area contributed by atoms with E-state index in [0.29, 0.717) is 0 Å². The van der Waals surface area contributed by atoms with Gasteiger partial charge >= 0.3 is 0 Å². The van der Waals surface area contributed by atoms with Crippen molar-refractivity contribution in [2.75, 3.05) is 9.80 Å². The Bertz CT molecular complexity index is 9790. The summed E-state index contributed by atoms with van der Waals surface area (Å²) in [6.07, 6.45) is 0. The maximum absolute atomic E-state index is 6.19. The van der Waals surface area contributed by atoms with Crippen molar-refractivity contribution in [2.45, 2.75) is 19.3 Å². The molecule has 1 aliphatic carbocycles. The zero-order valence-corrected chi connectivity index (χ0v) is 77.3. The lowest BCUT2D eigenvalue weighted by Gasteiger charge is -2.28. The van der Waals surface area contributed by atoms with Gasteiger partial charge in [0.2, 0.25) is 0 Å². The maximum atomic E-state index is 6.19. The summed E-state index contributed by atoms with van der Waals surface area (Å²) in [6, 6.07) is 181. The van der Waals surface area contributed by atoms with E-state index in [0.717, 1.165) is 134 Å². The summed E-state index contributed by atoms with van der Waals surface area (Å²) >= 11 is 0. The van der Waals surface area contributed by atoms with Crippen molar-refractivity contribution in [1.29, 1.82) is 0 Å². The van der Waals surface area contributed by atoms with Crippen LogP contribution in [0, 0.1) is 0 Å². The molecule has 0 unspecified atom stereocenters. The summed E-state index contributed by atoms with van der Waals surface area (Å²) in [4.78, 5) is 4.83. The van der Waals surface area contributed by atoms with Crippen LogP contribution in [0.4, 0.5) is 34.1 Å². The number of nitrogens with zero attached hydrogens (tertiary/aromatic N) is 6. The van der Waals surface area contributed by atoms with E-state index >= 15 is 0 Å². The number of rotatable bonds is 14. The van der Waals surface area contributed by atoms with E-state index < -0.39 is 0 Å². The Balaban J connectivity index is 0.000000138. The second-order valence-corrected chi connectivity index (χ2v) is 37.8. The normalized spacial score (nSPS) is 12.4. The fraction of sp³-hybridized carbons (Fsp3) is 0.0226. The first-order valence-corrected chi connectivity index (χ1v) is 48.5. The Labute approximate surface area is 813 Å². The molecule has 662 valence electrons. The zero-order valence-electron chi connectivity index (χ0n) is 77.3. The fourth-order valence-electron chi connectivity index (χ4n) is 22.9. The molecule has 0 amide bonds. The van der Waals surface area contributed by atoms with E-state index in [4.69, 9.17) is 8.83 Å². The van der Waals surface area contributed by atoms with Gasteiger partial charge in [0.1, 0.15) is 22.3 Å². The third kappa shape index (κ3) is 13.1. The van der Waals surface area contributed by atoms with Crippen LogP contribution in [0.25, 0.3) is 220 Å². The van der Waals surface area contributed by atoms with Gasteiger partial charge in [-0.2, -0.15) is 0 Å². The summed E-state index contributed by atoms with van der Waals surface area (Å²) in [5, 5.41) is 16.9. The lowest BCUT2D eigenvalue weighted by atomic mass is 9.81. The van der Waals surface area contributed by atoms with Crippen LogP contribution in [-0.2, 0) is 5.41 Å². The van der Waals surface area contributed by atoms with Crippen LogP contribution in [0.15, 0.2) is 506 Å². The van der Waals surface area contributed by atoms with E-state index in [9.17, 15) is 0 Å². The van der Waals surface area contributed by atoms with E-state index in [1.165, 1.54) is 132 Å². The first-order chi connectivity index (χ1) is 69.7. The van der Waals surface area contributed by atoms with Crippen LogP contribution in [0.5, 0.6) is 0 Å². The monoisotopic (exact) mass is 1800 g/mol. The second-order valence-electron chi connectivity index (χ2n) is 37.8.